The number of aromatic nitrogens is 2. The Hall–Kier alpha value is -1.93. The number of nitrogens with one attached hydrogen (secondary N) is 1. The van der Waals surface area contributed by atoms with E-state index in [9.17, 15) is 4.79 Å². The predicted molar refractivity (Wildman–Crippen MR) is 104 cm³/mol. The lowest BCUT2D eigenvalue weighted by molar-refractivity contribution is -0.119. The van der Waals surface area contributed by atoms with E-state index in [2.05, 4.69) is 39.1 Å². The van der Waals surface area contributed by atoms with Crippen molar-refractivity contribution in [3.63, 3.8) is 0 Å². The third-order valence-electron chi connectivity index (χ3n) is 6.46. The van der Waals surface area contributed by atoms with Crippen molar-refractivity contribution in [3.8, 4) is 0 Å². The van der Waals surface area contributed by atoms with Gasteiger partial charge in [-0.05, 0) is 38.4 Å². The third kappa shape index (κ3) is 3.60. The smallest absolute Gasteiger partial charge is 0.227 e. The molecule has 0 aliphatic carbocycles. The maximum Gasteiger partial charge on any atom is 0.227 e. The van der Waals surface area contributed by atoms with Crippen molar-refractivity contribution in [1.29, 1.82) is 0 Å². The van der Waals surface area contributed by atoms with Gasteiger partial charge in [0.1, 0.15) is 5.82 Å². The topological polar surface area (TPSA) is 73.8 Å². The van der Waals surface area contributed by atoms with Crippen LogP contribution in [-0.2, 0) is 9.53 Å². The van der Waals surface area contributed by atoms with Crippen LogP contribution in [0.2, 0.25) is 0 Å². The fourth-order valence-electron chi connectivity index (χ4n) is 4.63. The molecule has 4 rings (SSSR count). The number of carbonyl (C=O) groups is 1. The lowest BCUT2D eigenvalue weighted by Crippen LogP contribution is -2.42. The number of hydrogen-bond donors (Lipinski definition) is 1. The minimum Gasteiger partial charge on any atom is -0.378 e. The van der Waals surface area contributed by atoms with Gasteiger partial charge in [0.05, 0.1) is 12.1 Å². The first-order valence-electron chi connectivity index (χ1n) is 9.79. The average molecular weight is 374 g/mol. The summed E-state index contributed by atoms with van der Waals surface area (Å²) in [7, 11) is 5.97. The largest absolute Gasteiger partial charge is 0.378 e. The standard InChI is InChI=1S/C19H30N6O2/c1-23(2)14-11-25(12-15(14)27-3)16-4-7-20-18(22-16)24-8-5-19(6-9-24)10-17(26)21-13-19/h4,7,14-15H,5-6,8-13H2,1-3H3,(H,21,26)/t14-,15+/m0/s1. The van der Waals surface area contributed by atoms with Crippen LogP contribution in [0, 0.1) is 5.41 Å². The fourth-order valence-corrected chi connectivity index (χ4v) is 4.63. The van der Waals surface area contributed by atoms with Crippen LogP contribution in [0.15, 0.2) is 12.3 Å². The first-order chi connectivity index (χ1) is 13.0. The summed E-state index contributed by atoms with van der Waals surface area (Å²) < 4.78 is 5.67. The predicted octanol–water partition coefficient (Wildman–Crippen LogP) is 0.348. The molecule has 4 heterocycles. The van der Waals surface area contributed by atoms with E-state index in [1.165, 1.54) is 0 Å². The number of likely N-dealkylation sites (N-methyl/N-ethyl adjacent to an activating group) is 1. The maximum absolute atomic E-state index is 11.6. The molecule has 148 valence electrons. The molecular formula is C19H30N6O2. The Kier molecular flexibility index (Phi) is 4.94. The van der Waals surface area contributed by atoms with Crippen molar-refractivity contribution in [2.75, 3.05) is 63.7 Å². The molecule has 2 atom stereocenters. The molecule has 0 radical (unpaired) electrons. The molecule has 27 heavy (non-hydrogen) atoms. The van der Waals surface area contributed by atoms with Gasteiger partial charge < -0.3 is 24.8 Å². The van der Waals surface area contributed by atoms with Crippen LogP contribution in [-0.4, -0.2) is 86.8 Å². The van der Waals surface area contributed by atoms with E-state index in [1.54, 1.807) is 7.11 Å². The van der Waals surface area contributed by atoms with Crippen LogP contribution in [0.1, 0.15) is 19.3 Å². The van der Waals surface area contributed by atoms with E-state index in [4.69, 9.17) is 9.72 Å². The van der Waals surface area contributed by atoms with Gasteiger partial charge in [0.15, 0.2) is 0 Å². The van der Waals surface area contributed by atoms with Crippen molar-refractivity contribution in [1.82, 2.24) is 20.2 Å². The number of anilines is 2. The van der Waals surface area contributed by atoms with Gasteiger partial charge in [-0.3, -0.25) is 4.79 Å². The van der Waals surface area contributed by atoms with Crippen LogP contribution in [0.3, 0.4) is 0 Å². The molecule has 0 saturated carbocycles. The lowest BCUT2D eigenvalue weighted by atomic mass is 9.78. The molecular weight excluding hydrogens is 344 g/mol. The summed E-state index contributed by atoms with van der Waals surface area (Å²) in [4.78, 5) is 27.8. The summed E-state index contributed by atoms with van der Waals surface area (Å²) in [5, 5.41) is 2.99. The first kappa shape index (κ1) is 18.4. The van der Waals surface area contributed by atoms with Gasteiger partial charge in [-0.1, -0.05) is 0 Å². The Morgan fingerprint density at radius 3 is 2.63 bits per heavy atom. The van der Waals surface area contributed by atoms with Gasteiger partial charge in [-0.15, -0.1) is 0 Å². The summed E-state index contributed by atoms with van der Waals surface area (Å²) in [6.45, 7) is 4.36. The van der Waals surface area contributed by atoms with Crippen LogP contribution < -0.4 is 15.1 Å². The average Bonchev–Trinajstić information content (AvgIpc) is 3.27. The van der Waals surface area contributed by atoms with Crippen molar-refractivity contribution in [2.45, 2.75) is 31.4 Å². The van der Waals surface area contributed by atoms with E-state index in [1.807, 2.05) is 12.3 Å². The normalized spacial score (nSPS) is 27.6. The summed E-state index contributed by atoms with van der Waals surface area (Å²) in [6, 6.07) is 2.34. The molecule has 0 aromatic carbocycles. The SMILES string of the molecule is CO[C@@H]1CN(c2ccnc(N3CCC4(CC3)CNC(=O)C4)n2)C[C@@H]1N(C)C. The van der Waals surface area contributed by atoms with Crippen LogP contribution in [0.4, 0.5) is 11.8 Å². The minimum atomic E-state index is 0.144. The highest BCUT2D eigenvalue weighted by molar-refractivity contribution is 5.79. The maximum atomic E-state index is 11.6. The second-order valence-corrected chi connectivity index (χ2v) is 8.37. The fraction of sp³-hybridized carbons (Fsp3) is 0.737. The zero-order chi connectivity index (χ0) is 19.0. The highest BCUT2D eigenvalue weighted by Gasteiger charge is 2.41. The molecule has 3 saturated heterocycles. The molecule has 1 N–H and O–H groups in total. The van der Waals surface area contributed by atoms with E-state index in [-0.39, 0.29) is 17.4 Å². The van der Waals surface area contributed by atoms with Gasteiger partial charge in [-0.25, -0.2) is 4.98 Å². The number of nitrogens with zero attached hydrogens (tertiary/aromatic N) is 5. The van der Waals surface area contributed by atoms with Crippen molar-refractivity contribution >= 4 is 17.7 Å². The quantitative estimate of drug-likeness (QED) is 0.815. The molecule has 0 unspecified atom stereocenters. The number of ether oxygens (including phenoxy) is 1. The molecule has 8 nitrogen and oxygen atoms in total. The number of methoxy groups -OCH3 is 1. The van der Waals surface area contributed by atoms with Gasteiger partial charge in [0, 0.05) is 52.5 Å². The summed E-state index contributed by atoms with van der Waals surface area (Å²) in [5.41, 5.74) is 0.144. The molecule has 3 aliphatic heterocycles. The molecule has 1 aromatic rings. The van der Waals surface area contributed by atoms with E-state index in [0.29, 0.717) is 12.5 Å². The Labute approximate surface area is 160 Å². The highest BCUT2D eigenvalue weighted by atomic mass is 16.5. The molecule has 1 aromatic heterocycles. The van der Waals surface area contributed by atoms with Gasteiger partial charge in [0.2, 0.25) is 11.9 Å². The summed E-state index contributed by atoms with van der Waals surface area (Å²) in [6.07, 6.45) is 4.73. The Morgan fingerprint density at radius 2 is 2.04 bits per heavy atom. The van der Waals surface area contributed by atoms with Gasteiger partial charge in [0.25, 0.3) is 0 Å². The lowest BCUT2D eigenvalue weighted by Gasteiger charge is -2.38. The van der Waals surface area contributed by atoms with E-state index >= 15 is 0 Å². The molecule has 1 amide bonds. The van der Waals surface area contributed by atoms with E-state index in [0.717, 1.165) is 57.3 Å². The number of carbonyl (C=O) groups excluding carboxylic acids is 1. The number of rotatable bonds is 4. The molecule has 3 fully saturated rings. The molecule has 1 spiro atoms. The van der Waals surface area contributed by atoms with Crippen LogP contribution in [0.25, 0.3) is 0 Å². The number of hydrogen-bond acceptors (Lipinski definition) is 7. The van der Waals surface area contributed by atoms with E-state index < -0.39 is 0 Å². The Bertz CT molecular complexity index is 689. The van der Waals surface area contributed by atoms with Crippen molar-refractivity contribution in [2.24, 2.45) is 5.41 Å². The molecule has 3 aliphatic rings. The van der Waals surface area contributed by atoms with Gasteiger partial charge in [-0.2, -0.15) is 4.98 Å². The van der Waals surface area contributed by atoms with Crippen molar-refractivity contribution < 1.29 is 9.53 Å². The second kappa shape index (κ2) is 7.24. The second-order valence-electron chi connectivity index (χ2n) is 8.37. The number of amides is 1. The number of piperidine rings is 1. The first-order valence-corrected chi connectivity index (χ1v) is 9.79. The zero-order valence-electron chi connectivity index (χ0n) is 16.5. The highest BCUT2D eigenvalue weighted by Crippen LogP contribution is 2.38. The van der Waals surface area contributed by atoms with Crippen LogP contribution >= 0.6 is 0 Å². The minimum absolute atomic E-state index is 0.144. The van der Waals surface area contributed by atoms with Gasteiger partial charge >= 0.3 is 0 Å². The molecule has 0 bridgehead atoms. The molecule has 8 heteroatoms. The Balaban J connectivity index is 1.44. The van der Waals surface area contributed by atoms with Crippen LogP contribution in [0.5, 0.6) is 0 Å². The Morgan fingerprint density at radius 1 is 1.26 bits per heavy atom. The van der Waals surface area contributed by atoms with Crippen molar-refractivity contribution in [3.05, 3.63) is 12.3 Å². The summed E-state index contributed by atoms with van der Waals surface area (Å²) >= 11 is 0. The zero-order valence-corrected chi connectivity index (χ0v) is 16.5. The monoisotopic (exact) mass is 374 g/mol. The summed E-state index contributed by atoms with van der Waals surface area (Å²) in [5.74, 6) is 1.95. The third-order valence-corrected chi connectivity index (χ3v) is 6.46.